The Bertz CT molecular complexity index is 738. The van der Waals surface area contributed by atoms with Crippen molar-refractivity contribution < 1.29 is 14.4 Å². The molecule has 0 unspecified atom stereocenters. The van der Waals surface area contributed by atoms with Gasteiger partial charge in [-0.3, -0.25) is 10.1 Å². The summed E-state index contributed by atoms with van der Waals surface area (Å²) in [6, 6.07) is 10.8. The molecular weight excluding hydrogens is 338 g/mol. The number of rotatable bonds is 5. The van der Waals surface area contributed by atoms with E-state index in [1.165, 1.54) is 6.07 Å². The average Bonchev–Trinajstić information content (AvgIpc) is 2.54. The number of non-ortho nitro benzene ring substituents is 1. The van der Waals surface area contributed by atoms with Gasteiger partial charge in [0.15, 0.2) is 6.79 Å². The van der Waals surface area contributed by atoms with Gasteiger partial charge in [-0.25, -0.2) is 0 Å². The molecule has 0 aromatic heterocycles. The fourth-order valence-electron chi connectivity index (χ4n) is 2.40. The van der Waals surface area contributed by atoms with E-state index in [2.05, 4.69) is 0 Å². The van der Waals surface area contributed by atoms with Crippen molar-refractivity contribution in [2.24, 2.45) is 0 Å². The van der Waals surface area contributed by atoms with E-state index < -0.39 is 0 Å². The van der Waals surface area contributed by atoms with Crippen molar-refractivity contribution in [2.75, 3.05) is 6.79 Å². The lowest BCUT2D eigenvalue weighted by Crippen LogP contribution is -2.13. The highest BCUT2D eigenvalue weighted by atomic mass is 35.5. The van der Waals surface area contributed by atoms with Gasteiger partial charge >= 0.3 is 0 Å². The molecule has 0 spiro atoms. The Morgan fingerprint density at radius 3 is 2.91 bits per heavy atom. The predicted molar refractivity (Wildman–Crippen MR) is 89.8 cm³/mol. The molecule has 0 aliphatic carbocycles. The number of thioether (sulfide) groups is 1. The Morgan fingerprint density at radius 2 is 2.13 bits per heavy atom. The molecule has 0 saturated carbocycles. The van der Waals surface area contributed by atoms with Gasteiger partial charge < -0.3 is 9.47 Å². The molecule has 120 valence electrons. The lowest BCUT2D eigenvalue weighted by Gasteiger charge is -2.20. The first-order valence-corrected chi connectivity index (χ1v) is 8.49. The summed E-state index contributed by atoms with van der Waals surface area (Å²) in [5.41, 5.74) is 2.73. The van der Waals surface area contributed by atoms with E-state index >= 15 is 0 Å². The van der Waals surface area contributed by atoms with Gasteiger partial charge in [0.25, 0.3) is 5.69 Å². The lowest BCUT2D eigenvalue weighted by molar-refractivity contribution is -0.385. The topological polar surface area (TPSA) is 61.6 Å². The van der Waals surface area contributed by atoms with Crippen LogP contribution in [0.15, 0.2) is 36.4 Å². The van der Waals surface area contributed by atoms with E-state index in [-0.39, 0.29) is 17.4 Å². The van der Waals surface area contributed by atoms with Crippen molar-refractivity contribution in [1.29, 1.82) is 0 Å². The van der Waals surface area contributed by atoms with Crippen LogP contribution >= 0.6 is 23.4 Å². The molecule has 0 N–H and O–H groups in total. The van der Waals surface area contributed by atoms with Crippen LogP contribution in [0.3, 0.4) is 0 Å². The number of benzene rings is 2. The van der Waals surface area contributed by atoms with E-state index in [1.54, 1.807) is 17.8 Å². The summed E-state index contributed by atoms with van der Waals surface area (Å²) in [4.78, 5) is 10.7. The Morgan fingerprint density at radius 1 is 1.26 bits per heavy atom. The van der Waals surface area contributed by atoms with Crippen LogP contribution in [0.4, 0.5) is 5.69 Å². The van der Waals surface area contributed by atoms with Crippen molar-refractivity contribution in [2.45, 2.75) is 18.1 Å². The quantitative estimate of drug-likeness (QED) is 0.584. The molecule has 23 heavy (non-hydrogen) atoms. The first-order chi connectivity index (χ1) is 11.1. The summed E-state index contributed by atoms with van der Waals surface area (Å²) >= 11 is 7.63. The van der Waals surface area contributed by atoms with Crippen LogP contribution in [0.2, 0.25) is 5.02 Å². The van der Waals surface area contributed by atoms with Gasteiger partial charge in [0.1, 0.15) is 5.75 Å². The van der Waals surface area contributed by atoms with E-state index in [0.29, 0.717) is 23.1 Å². The lowest BCUT2D eigenvalue weighted by atomic mass is 10.1. The molecule has 0 fully saturated rings. The van der Waals surface area contributed by atoms with Gasteiger partial charge in [0.2, 0.25) is 0 Å². The van der Waals surface area contributed by atoms with Crippen LogP contribution in [0.1, 0.15) is 16.7 Å². The Hall–Kier alpha value is -1.76. The van der Waals surface area contributed by atoms with Crippen molar-refractivity contribution in [3.63, 3.8) is 0 Å². The number of hydrogen-bond donors (Lipinski definition) is 0. The second kappa shape index (κ2) is 7.21. The minimum Gasteiger partial charge on any atom is -0.467 e. The first kappa shape index (κ1) is 16.1. The summed E-state index contributed by atoms with van der Waals surface area (Å²) in [5, 5.41) is 11.8. The van der Waals surface area contributed by atoms with Crippen LogP contribution in [0, 0.1) is 10.1 Å². The number of halogens is 1. The molecule has 3 rings (SSSR count). The van der Waals surface area contributed by atoms with E-state index in [0.717, 1.165) is 22.4 Å². The molecule has 2 aromatic rings. The van der Waals surface area contributed by atoms with Crippen LogP contribution in [-0.4, -0.2) is 11.7 Å². The normalized spacial score (nSPS) is 13.3. The number of ether oxygens (including phenoxy) is 2. The third-order valence-corrected chi connectivity index (χ3v) is 4.69. The molecular formula is C16H14ClNO4S. The standard InChI is InChI=1S/C16H14ClNO4S/c17-14-3-1-2-11(4-14)8-23-9-13-6-15(18(19)20)5-12-7-21-10-22-16(12)13/h1-6H,7-10H2. The van der Waals surface area contributed by atoms with Crippen LogP contribution < -0.4 is 4.74 Å². The van der Waals surface area contributed by atoms with E-state index in [1.807, 2.05) is 24.3 Å². The van der Waals surface area contributed by atoms with Gasteiger partial charge in [-0.15, -0.1) is 0 Å². The molecule has 0 amide bonds. The second-order valence-corrected chi connectivity index (χ2v) is 6.51. The molecule has 1 aliphatic rings. The third-order valence-electron chi connectivity index (χ3n) is 3.40. The molecule has 0 bridgehead atoms. The smallest absolute Gasteiger partial charge is 0.270 e. The summed E-state index contributed by atoms with van der Waals surface area (Å²) in [6.07, 6.45) is 0. The highest BCUT2D eigenvalue weighted by molar-refractivity contribution is 7.97. The van der Waals surface area contributed by atoms with Crippen molar-refractivity contribution >= 4 is 29.1 Å². The average molecular weight is 352 g/mol. The first-order valence-electron chi connectivity index (χ1n) is 6.96. The molecule has 0 radical (unpaired) electrons. The maximum atomic E-state index is 11.1. The van der Waals surface area contributed by atoms with Crippen LogP contribution in [0.25, 0.3) is 0 Å². The predicted octanol–water partition coefficient (Wildman–Crippen LogP) is 4.55. The summed E-state index contributed by atoms with van der Waals surface area (Å²) < 4.78 is 10.7. The second-order valence-electron chi connectivity index (χ2n) is 5.08. The number of nitro groups is 1. The fourth-order valence-corrected chi connectivity index (χ4v) is 3.56. The molecule has 1 aliphatic heterocycles. The fraction of sp³-hybridized carbons (Fsp3) is 0.250. The molecule has 0 saturated heterocycles. The maximum absolute atomic E-state index is 11.1. The van der Waals surface area contributed by atoms with Crippen molar-refractivity contribution in [3.8, 4) is 5.75 Å². The van der Waals surface area contributed by atoms with Gasteiger partial charge in [-0.2, -0.15) is 11.8 Å². The van der Waals surface area contributed by atoms with Gasteiger partial charge in [-0.05, 0) is 17.7 Å². The monoisotopic (exact) mass is 351 g/mol. The zero-order valence-electron chi connectivity index (χ0n) is 12.2. The largest absolute Gasteiger partial charge is 0.467 e. The summed E-state index contributed by atoms with van der Waals surface area (Å²) in [6.45, 7) is 0.514. The number of nitro benzene ring substituents is 1. The minimum atomic E-state index is -0.389. The molecule has 0 atom stereocenters. The molecule has 2 aromatic carbocycles. The SMILES string of the molecule is O=[N+]([O-])c1cc2c(c(CSCc3cccc(Cl)c3)c1)OCOC2. The van der Waals surface area contributed by atoms with Gasteiger partial charge in [0, 0.05) is 39.8 Å². The highest BCUT2D eigenvalue weighted by Crippen LogP contribution is 2.35. The Labute approximate surface area is 142 Å². The van der Waals surface area contributed by atoms with Crippen molar-refractivity contribution in [1.82, 2.24) is 0 Å². The molecule has 5 nitrogen and oxygen atoms in total. The van der Waals surface area contributed by atoms with E-state index in [9.17, 15) is 10.1 Å². The zero-order chi connectivity index (χ0) is 16.2. The molecule has 1 heterocycles. The third kappa shape index (κ3) is 3.96. The summed E-state index contributed by atoms with van der Waals surface area (Å²) in [5.74, 6) is 2.10. The van der Waals surface area contributed by atoms with Crippen LogP contribution in [-0.2, 0) is 22.8 Å². The minimum absolute atomic E-state index is 0.0659. The van der Waals surface area contributed by atoms with Gasteiger partial charge in [0.05, 0.1) is 11.5 Å². The Kier molecular flexibility index (Phi) is 5.05. The number of nitrogens with zero attached hydrogens (tertiary/aromatic N) is 1. The molecule has 7 heteroatoms. The Balaban J connectivity index is 1.76. The van der Waals surface area contributed by atoms with Gasteiger partial charge in [-0.1, -0.05) is 23.7 Å². The summed E-state index contributed by atoms with van der Waals surface area (Å²) in [7, 11) is 0. The van der Waals surface area contributed by atoms with Crippen LogP contribution in [0.5, 0.6) is 5.75 Å². The highest BCUT2D eigenvalue weighted by Gasteiger charge is 2.20. The maximum Gasteiger partial charge on any atom is 0.270 e. The zero-order valence-corrected chi connectivity index (χ0v) is 13.7. The number of fused-ring (bicyclic) bond motifs is 1. The van der Waals surface area contributed by atoms with Crippen molar-refractivity contribution in [3.05, 3.63) is 68.2 Å². The van der Waals surface area contributed by atoms with E-state index in [4.69, 9.17) is 21.1 Å². The number of hydrogen-bond acceptors (Lipinski definition) is 5.